The van der Waals surface area contributed by atoms with Gasteiger partial charge in [0.1, 0.15) is 0 Å². The van der Waals surface area contributed by atoms with Gasteiger partial charge >= 0.3 is 0 Å². The monoisotopic (exact) mass is 233 g/mol. The fourth-order valence-electron chi connectivity index (χ4n) is 2.77. The first kappa shape index (κ1) is 10.9. The summed E-state index contributed by atoms with van der Waals surface area (Å²) in [4.78, 5) is 0. The predicted octanol–water partition coefficient (Wildman–Crippen LogP) is 2.30. The molecule has 0 amide bonds. The normalized spacial score (nSPS) is 23.1. The average molecular weight is 233 g/mol. The van der Waals surface area contributed by atoms with E-state index < -0.39 is 0 Å². The third-order valence-electron chi connectivity index (χ3n) is 3.83. The molecule has 1 atom stereocenters. The van der Waals surface area contributed by atoms with Gasteiger partial charge in [-0.05, 0) is 55.0 Å². The Kier molecular flexibility index (Phi) is 2.71. The summed E-state index contributed by atoms with van der Waals surface area (Å²) >= 11 is 0. The van der Waals surface area contributed by atoms with Crippen molar-refractivity contribution in [2.24, 2.45) is 5.92 Å². The minimum absolute atomic E-state index is 0.526. The summed E-state index contributed by atoms with van der Waals surface area (Å²) in [6, 6.07) is 4.83. The van der Waals surface area contributed by atoms with E-state index in [1.165, 1.54) is 24.0 Å². The molecule has 0 bridgehead atoms. The van der Waals surface area contributed by atoms with Crippen molar-refractivity contribution in [2.75, 3.05) is 20.8 Å². The average Bonchev–Trinajstić information content (AvgIpc) is 3.20. The minimum atomic E-state index is 0.526. The van der Waals surface area contributed by atoms with Crippen LogP contribution in [-0.2, 0) is 6.42 Å². The molecule has 1 aromatic rings. The van der Waals surface area contributed by atoms with Gasteiger partial charge in [-0.3, -0.25) is 0 Å². The molecule has 0 radical (unpaired) electrons. The molecule has 1 heterocycles. The van der Waals surface area contributed by atoms with E-state index >= 15 is 0 Å². The standard InChI is InChI=1S/C14H19NO2/c1-16-12-7-10-5-6-15-14(9-3-4-9)11(10)8-13(12)17-2/h7-9,14-15H,3-6H2,1-2H3/t14-/m0/s1. The van der Waals surface area contributed by atoms with Crippen LogP contribution in [0.5, 0.6) is 11.5 Å². The molecule has 1 aromatic carbocycles. The lowest BCUT2D eigenvalue weighted by atomic mass is 9.91. The highest BCUT2D eigenvalue weighted by Crippen LogP contribution is 2.45. The number of benzene rings is 1. The van der Waals surface area contributed by atoms with Crippen molar-refractivity contribution >= 4 is 0 Å². The van der Waals surface area contributed by atoms with Gasteiger partial charge in [-0.15, -0.1) is 0 Å². The van der Waals surface area contributed by atoms with Gasteiger partial charge < -0.3 is 14.8 Å². The van der Waals surface area contributed by atoms with Crippen LogP contribution in [0.3, 0.4) is 0 Å². The van der Waals surface area contributed by atoms with Gasteiger partial charge in [0.25, 0.3) is 0 Å². The Morgan fingerprint density at radius 1 is 1.12 bits per heavy atom. The summed E-state index contributed by atoms with van der Waals surface area (Å²) in [5.74, 6) is 2.52. The van der Waals surface area contributed by atoms with Crippen molar-refractivity contribution in [3.05, 3.63) is 23.3 Å². The Labute approximate surface area is 102 Å². The fourth-order valence-corrected chi connectivity index (χ4v) is 2.77. The first-order valence-electron chi connectivity index (χ1n) is 6.31. The molecule has 1 saturated carbocycles. The Bertz CT molecular complexity index is 426. The van der Waals surface area contributed by atoms with E-state index in [1.807, 2.05) is 0 Å². The van der Waals surface area contributed by atoms with Crippen LogP contribution in [0.1, 0.15) is 30.0 Å². The topological polar surface area (TPSA) is 30.5 Å². The number of hydrogen-bond acceptors (Lipinski definition) is 3. The summed E-state index contributed by atoms with van der Waals surface area (Å²) in [7, 11) is 3.40. The maximum absolute atomic E-state index is 5.40. The van der Waals surface area contributed by atoms with Crippen molar-refractivity contribution in [3.8, 4) is 11.5 Å². The molecule has 3 rings (SSSR count). The second-order valence-corrected chi connectivity index (χ2v) is 4.93. The summed E-state index contributed by atoms with van der Waals surface area (Å²) in [6.07, 6.45) is 3.79. The molecule has 0 aromatic heterocycles. The van der Waals surface area contributed by atoms with E-state index in [9.17, 15) is 0 Å². The van der Waals surface area contributed by atoms with E-state index in [2.05, 4.69) is 17.4 Å². The zero-order valence-electron chi connectivity index (χ0n) is 10.5. The zero-order valence-corrected chi connectivity index (χ0v) is 10.5. The quantitative estimate of drug-likeness (QED) is 0.869. The van der Waals surface area contributed by atoms with E-state index in [1.54, 1.807) is 14.2 Å². The lowest BCUT2D eigenvalue weighted by Gasteiger charge is -2.28. The number of methoxy groups -OCH3 is 2. The molecular formula is C14H19NO2. The largest absolute Gasteiger partial charge is 0.493 e. The van der Waals surface area contributed by atoms with Gasteiger partial charge in [0.2, 0.25) is 0 Å². The molecule has 1 aliphatic heterocycles. The molecule has 2 aliphatic rings. The zero-order chi connectivity index (χ0) is 11.8. The van der Waals surface area contributed by atoms with E-state index in [0.717, 1.165) is 30.4 Å². The molecule has 0 unspecified atom stereocenters. The lowest BCUT2D eigenvalue weighted by molar-refractivity contribution is 0.351. The molecule has 1 N–H and O–H groups in total. The number of hydrogen-bond donors (Lipinski definition) is 1. The molecule has 0 spiro atoms. The molecule has 1 aliphatic carbocycles. The highest BCUT2D eigenvalue weighted by Gasteiger charge is 2.35. The Balaban J connectivity index is 2.03. The summed E-state index contributed by atoms with van der Waals surface area (Å²) in [5, 5.41) is 3.63. The Hall–Kier alpha value is -1.22. The smallest absolute Gasteiger partial charge is 0.161 e. The SMILES string of the molecule is COc1cc2c(cc1OC)[C@H](C1CC1)NCC2. The van der Waals surface area contributed by atoms with Crippen molar-refractivity contribution < 1.29 is 9.47 Å². The van der Waals surface area contributed by atoms with Crippen LogP contribution in [0.15, 0.2) is 12.1 Å². The summed E-state index contributed by atoms with van der Waals surface area (Å²) in [5.41, 5.74) is 2.83. The summed E-state index contributed by atoms with van der Waals surface area (Å²) < 4.78 is 10.8. The second-order valence-electron chi connectivity index (χ2n) is 4.93. The van der Waals surface area contributed by atoms with Crippen molar-refractivity contribution in [1.82, 2.24) is 5.32 Å². The molecule has 3 heteroatoms. The molecule has 0 saturated heterocycles. The highest BCUT2D eigenvalue weighted by molar-refractivity contribution is 5.49. The molecule has 1 fully saturated rings. The third kappa shape index (κ3) is 1.89. The lowest BCUT2D eigenvalue weighted by Crippen LogP contribution is -2.31. The van der Waals surface area contributed by atoms with Crippen molar-refractivity contribution in [2.45, 2.75) is 25.3 Å². The first-order valence-corrected chi connectivity index (χ1v) is 6.31. The van der Waals surface area contributed by atoms with Crippen LogP contribution in [-0.4, -0.2) is 20.8 Å². The Morgan fingerprint density at radius 2 is 1.82 bits per heavy atom. The highest BCUT2D eigenvalue weighted by atomic mass is 16.5. The van der Waals surface area contributed by atoms with E-state index in [0.29, 0.717) is 6.04 Å². The van der Waals surface area contributed by atoms with Crippen molar-refractivity contribution in [3.63, 3.8) is 0 Å². The second kappa shape index (κ2) is 4.22. The number of nitrogens with one attached hydrogen (secondary N) is 1. The molecule has 17 heavy (non-hydrogen) atoms. The van der Waals surface area contributed by atoms with Gasteiger partial charge in [0.15, 0.2) is 11.5 Å². The van der Waals surface area contributed by atoms with Crippen LogP contribution in [0.4, 0.5) is 0 Å². The number of fused-ring (bicyclic) bond motifs is 1. The van der Waals surface area contributed by atoms with Gasteiger partial charge in [-0.2, -0.15) is 0 Å². The van der Waals surface area contributed by atoms with E-state index in [-0.39, 0.29) is 0 Å². The van der Waals surface area contributed by atoms with Crippen molar-refractivity contribution in [1.29, 1.82) is 0 Å². The van der Waals surface area contributed by atoms with Gasteiger partial charge in [0.05, 0.1) is 14.2 Å². The fraction of sp³-hybridized carbons (Fsp3) is 0.571. The summed E-state index contributed by atoms with van der Waals surface area (Å²) in [6.45, 7) is 1.07. The maximum Gasteiger partial charge on any atom is 0.161 e. The van der Waals surface area contributed by atoms with Gasteiger partial charge in [-0.1, -0.05) is 0 Å². The third-order valence-corrected chi connectivity index (χ3v) is 3.83. The van der Waals surface area contributed by atoms with Gasteiger partial charge in [-0.25, -0.2) is 0 Å². The minimum Gasteiger partial charge on any atom is -0.493 e. The molecule has 3 nitrogen and oxygen atoms in total. The predicted molar refractivity (Wildman–Crippen MR) is 66.7 cm³/mol. The first-order chi connectivity index (χ1) is 8.33. The van der Waals surface area contributed by atoms with Crippen LogP contribution in [0.2, 0.25) is 0 Å². The number of rotatable bonds is 3. The number of ether oxygens (including phenoxy) is 2. The van der Waals surface area contributed by atoms with Crippen LogP contribution in [0.25, 0.3) is 0 Å². The Morgan fingerprint density at radius 3 is 2.47 bits per heavy atom. The van der Waals surface area contributed by atoms with Gasteiger partial charge in [0, 0.05) is 6.04 Å². The van der Waals surface area contributed by atoms with Crippen LogP contribution in [0, 0.1) is 5.92 Å². The van der Waals surface area contributed by atoms with E-state index in [4.69, 9.17) is 9.47 Å². The molecule has 92 valence electrons. The van der Waals surface area contributed by atoms with Crippen LogP contribution >= 0.6 is 0 Å². The van der Waals surface area contributed by atoms with Crippen LogP contribution < -0.4 is 14.8 Å². The maximum atomic E-state index is 5.40. The molecular weight excluding hydrogens is 214 g/mol.